The number of esters is 1. The van der Waals surface area contributed by atoms with Gasteiger partial charge in [0.25, 0.3) is 0 Å². The molecule has 1 aromatic rings. The van der Waals surface area contributed by atoms with Crippen molar-refractivity contribution in [3.63, 3.8) is 0 Å². The van der Waals surface area contributed by atoms with Gasteiger partial charge in [0.15, 0.2) is 0 Å². The first kappa shape index (κ1) is 14.5. The summed E-state index contributed by atoms with van der Waals surface area (Å²) < 4.78 is 36.4. The molecular weight excluding hydrogens is 258 g/mol. The fourth-order valence-corrected chi connectivity index (χ4v) is 1.80. The van der Waals surface area contributed by atoms with E-state index in [4.69, 9.17) is 9.29 Å². The highest BCUT2D eigenvalue weighted by Gasteiger charge is 2.05. The zero-order chi connectivity index (χ0) is 13.6. The van der Waals surface area contributed by atoms with Gasteiger partial charge in [-0.25, -0.2) is 0 Å². The van der Waals surface area contributed by atoms with E-state index < -0.39 is 10.3 Å². The highest BCUT2D eigenvalue weighted by molar-refractivity contribution is 7.87. The molecule has 0 aliphatic rings. The quantitative estimate of drug-likeness (QED) is 0.603. The third-order valence-electron chi connectivity index (χ3n) is 2.12. The van der Waals surface area contributed by atoms with Crippen LogP contribution >= 0.6 is 0 Å². The lowest BCUT2D eigenvalue weighted by atomic mass is 10.1. The summed E-state index contributed by atoms with van der Waals surface area (Å²) >= 11 is 0. The van der Waals surface area contributed by atoms with Crippen molar-refractivity contribution in [2.75, 3.05) is 11.3 Å². The van der Waals surface area contributed by atoms with Crippen molar-refractivity contribution < 1.29 is 22.5 Å². The standard InChI is InChI=1S/C11H15NO5S/c1-2-17-11(13)8-5-9-3-6-10(7-4-9)12-18(14,15)16/h3-4,6-7,12H,2,5,8H2,1H3,(H,14,15,16). The molecule has 0 aromatic heterocycles. The van der Waals surface area contributed by atoms with Crippen molar-refractivity contribution in [3.05, 3.63) is 29.8 Å². The highest BCUT2D eigenvalue weighted by Crippen LogP contribution is 2.12. The van der Waals surface area contributed by atoms with Crippen molar-refractivity contribution in [2.24, 2.45) is 0 Å². The normalized spacial score (nSPS) is 11.0. The van der Waals surface area contributed by atoms with E-state index in [0.717, 1.165) is 5.56 Å². The van der Waals surface area contributed by atoms with Gasteiger partial charge in [0, 0.05) is 6.42 Å². The first-order chi connectivity index (χ1) is 8.40. The molecule has 0 amide bonds. The average molecular weight is 273 g/mol. The summed E-state index contributed by atoms with van der Waals surface area (Å²) in [5, 5.41) is 0. The van der Waals surface area contributed by atoms with Gasteiger partial charge in [-0.15, -0.1) is 0 Å². The van der Waals surface area contributed by atoms with Crippen LogP contribution in [0, 0.1) is 0 Å². The second-order valence-electron chi connectivity index (χ2n) is 3.58. The van der Waals surface area contributed by atoms with Crippen LogP contribution in [-0.4, -0.2) is 25.5 Å². The van der Waals surface area contributed by atoms with E-state index in [1.54, 1.807) is 19.1 Å². The van der Waals surface area contributed by atoms with Crippen LogP contribution in [0.5, 0.6) is 0 Å². The van der Waals surface area contributed by atoms with Gasteiger partial charge in [-0.05, 0) is 31.0 Å². The Balaban J connectivity index is 2.53. The fourth-order valence-electron chi connectivity index (χ4n) is 1.37. The summed E-state index contributed by atoms with van der Waals surface area (Å²) in [5.74, 6) is -0.266. The molecule has 1 aromatic carbocycles. The smallest absolute Gasteiger partial charge is 0.357 e. The summed E-state index contributed by atoms with van der Waals surface area (Å²) in [4.78, 5) is 11.1. The minimum atomic E-state index is -4.25. The maximum atomic E-state index is 11.1. The molecule has 0 spiro atoms. The van der Waals surface area contributed by atoms with E-state index in [1.807, 2.05) is 4.72 Å². The van der Waals surface area contributed by atoms with Crippen LogP contribution in [0.1, 0.15) is 18.9 Å². The Hall–Kier alpha value is -1.60. The number of nitrogens with one attached hydrogen (secondary N) is 1. The molecule has 0 aliphatic carbocycles. The molecule has 0 radical (unpaired) electrons. The van der Waals surface area contributed by atoms with Crippen molar-refractivity contribution in [1.82, 2.24) is 0 Å². The molecule has 0 saturated heterocycles. The minimum Gasteiger partial charge on any atom is -0.466 e. The minimum absolute atomic E-state index is 0.261. The molecule has 0 fully saturated rings. The van der Waals surface area contributed by atoms with Crippen LogP contribution in [0.25, 0.3) is 0 Å². The van der Waals surface area contributed by atoms with Crippen LogP contribution in [0.4, 0.5) is 5.69 Å². The van der Waals surface area contributed by atoms with E-state index in [0.29, 0.717) is 13.0 Å². The Labute approximate surface area is 106 Å². The molecule has 2 N–H and O–H groups in total. The van der Waals surface area contributed by atoms with Crippen molar-refractivity contribution in [3.8, 4) is 0 Å². The number of rotatable bonds is 6. The number of ether oxygens (including phenoxy) is 1. The molecule has 100 valence electrons. The fraction of sp³-hybridized carbons (Fsp3) is 0.364. The molecule has 0 bridgehead atoms. The summed E-state index contributed by atoms with van der Waals surface area (Å²) in [6.07, 6.45) is 0.796. The van der Waals surface area contributed by atoms with Crippen LogP contribution in [0.2, 0.25) is 0 Å². The van der Waals surface area contributed by atoms with E-state index in [1.165, 1.54) is 12.1 Å². The van der Waals surface area contributed by atoms with Crippen LogP contribution in [0.15, 0.2) is 24.3 Å². The zero-order valence-electron chi connectivity index (χ0n) is 9.92. The lowest BCUT2D eigenvalue weighted by Crippen LogP contribution is -2.10. The van der Waals surface area contributed by atoms with Gasteiger partial charge in [-0.1, -0.05) is 12.1 Å². The van der Waals surface area contributed by atoms with E-state index in [9.17, 15) is 13.2 Å². The van der Waals surface area contributed by atoms with Crippen molar-refractivity contribution in [2.45, 2.75) is 19.8 Å². The topological polar surface area (TPSA) is 92.7 Å². The monoisotopic (exact) mass is 273 g/mol. The molecule has 1 rings (SSSR count). The van der Waals surface area contributed by atoms with Gasteiger partial charge in [0.2, 0.25) is 0 Å². The molecule has 0 atom stereocenters. The number of carbonyl (C=O) groups is 1. The maximum Gasteiger partial charge on any atom is 0.357 e. The second kappa shape index (κ2) is 6.36. The third-order valence-corrected chi connectivity index (χ3v) is 2.62. The molecule has 0 aliphatic heterocycles. The summed E-state index contributed by atoms with van der Waals surface area (Å²) in [6.45, 7) is 2.10. The molecule has 0 saturated carbocycles. The van der Waals surface area contributed by atoms with Gasteiger partial charge < -0.3 is 4.74 Å². The summed E-state index contributed by atoms with van der Waals surface area (Å²) in [5.41, 5.74) is 1.14. The van der Waals surface area contributed by atoms with E-state index >= 15 is 0 Å². The van der Waals surface area contributed by atoms with Crippen LogP contribution < -0.4 is 4.72 Å². The number of anilines is 1. The Bertz CT molecular complexity index is 495. The maximum absolute atomic E-state index is 11.1. The van der Waals surface area contributed by atoms with Gasteiger partial charge in [-0.2, -0.15) is 8.42 Å². The number of aryl methyl sites for hydroxylation is 1. The Kier molecular flexibility index (Phi) is 5.11. The first-order valence-corrected chi connectivity index (χ1v) is 6.84. The Morgan fingerprint density at radius 3 is 2.44 bits per heavy atom. The third kappa shape index (κ3) is 5.65. The van der Waals surface area contributed by atoms with Crippen LogP contribution in [-0.2, 0) is 26.3 Å². The Morgan fingerprint density at radius 2 is 1.94 bits per heavy atom. The molecule has 0 unspecified atom stereocenters. The highest BCUT2D eigenvalue weighted by atomic mass is 32.2. The average Bonchev–Trinajstić information content (AvgIpc) is 2.26. The zero-order valence-corrected chi connectivity index (χ0v) is 10.7. The van der Waals surface area contributed by atoms with E-state index in [-0.39, 0.29) is 18.1 Å². The number of benzene rings is 1. The lowest BCUT2D eigenvalue weighted by Gasteiger charge is -2.05. The first-order valence-electron chi connectivity index (χ1n) is 5.40. The SMILES string of the molecule is CCOC(=O)CCc1ccc(NS(=O)(=O)O)cc1. The predicted molar refractivity (Wildman–Crippen MR) is 66.6 cm³/mol. The molecular formula is C11H15NO5S. The lowest BCUT2D eigenvalue weighted by molar-refractivity contribution is -0.143. The predicted octanol–water partition coefficient (Wildman–Crippen LogP) is 1.40. The molecule has 7 heteroatoms. The van der Waals surface area contributed by atoms with Gasteiger partial charge in [0.05, 0.1) is 12.3 Å². The number of hydrogen-bond donors (Lipinski definition) is 2. The van der Waals surface area contributed by atoms with E-state index in [2.05, 4.69) is 0 Å². The summed E-state index contributed by atoms with van der Waals surface area (Å²) in [7, 11) is -4.25. The van der Waals surface area contributed by atoms with Gasteiger partial charge in [0.1, 0.15) is 0 Å². The molecule has 18 heavy (non-hydrogen) atoms. The van der Waals surface area contributed by atoms with Crippen LogP contribution in [0.3, 0.4) is 0 Å². The van der Waals surface area contributed by atoms with Gasteiger partial charge in [-0.3, -0.25) is 14.1 Å². The number of hydrogen-bond acceptors (Lipinski definition) is 4. The van der Waals surface area contributed by atoms with Gasteiger partial charge >= 0.3 is 16.3 Å². The molecule has 6 nitrogen and oxygen atoms in total. The molecule has 0 heterocycles. The van der Waals surface area contributed by atoms with Crippen molar-refractivity contribution >= 4 is 22.0 Å². The number of carbonyl (C=O) groups excluding carboxylic acids is 1. The Morgan fingerprint density at radius 1 is 1.33 bits per heavy atom. The van der Waals surface area contributed by atoms with Crippen molar-refractivity contribution in [1.29, 1.82) is 0 Å². The summed E-state index contributed by atoms with van der Waals surface area (Å²) in [6, 6.07) is 6.36. The second-order valence-corrected chi connectivity index (χ2v) is 4.73. The largest absolute Gasteiger partial charge is 0.466 e.